The Labute approximate surface area is 77.0 Å². The maximum absolute atomic E-state index is 5.07. The average molecular weight is 180 g/mol. The minimum absolute atomic E-state index is 0.665. The predicted octanol–water partition coefficient (Wildman–Crippen LogP) is 2.58. The van der Waals surface area contributed by atoms with Crippen LogP contribution in [0.1, 0.15) is 37.2 Å². The fraction of sp³-hybridized carbons (Fsp3) is 0.556. The lowest BCUT2D eigenvalue weighted by Crippen LogP contribution is -1.96. The highest BCUT2D eigenvalue weighted by Gasteiger charge is 2.25. The average Bonchev–Trinajstić information content (AvgIpc) is 2.85. The zero-order valence-corrected chi connectivity index (χ0v) is 7.95. The number of hydrogen-bond donors (Lipinski definition) is 1. The first-order valence-electron chi connectivity index (χ1n) is 4.39. The molecule has 1 aromatic heterocycles. The quantitative estimate of drug-likeness (QED) is 0.709. The fourth-order valence-corrected chi connectivity index (χ4v) is 1.51. The van der Waals surface area contributed by atoms with Crippen molar-refractivity contribution in [1.82, 2.24) is 9.97 Å². The van der Waals surface area contributed by atoms with E-state index in [0.717, 1.165) is 16.9 Å². The summed E-state index contributed by atoms with van der Waals surface area (Å²) in [6.45, 7) is 2.12. The van der Waals surface area contributed by atoms with Crippen LogP contribution in [0, 0.1) is 4.64 Å². The molecule has 1 heterocycles. The maximum Gasteiger partial charge on any atom is 0.129 e. The second kappa shape index (κ2) is 2.98. The summed E-state index contributed by atoms with van der Waals surface area (Å²) in [5.41, 5.74) is 1.21. The molecule has 0 amide bonds. The lowest BCUT2D eigenvalue weighted by Gasteiger charge is -2.01. The molecule has 0 saturated heterocycles. The van der Waals surface area contributed by atoms with Crippen LogP contribution in [0.15, 0.2) is 6.07 Å². The molecule has 0 spiro atoms. The summed E-state index contributed by atoms with van der Waals surface area (Å²) < 4.78 is 0.729. The number of hydrogen-bond acceptors (Lipinski definition) is 2. The van der Waals surface area contributed by atoms with Crippen LogP contribution in [0.5, 0.6) is 0 Å². The van der Waals surface area contributed by atoms with E-state index in [0.29, 0.717) is 5.92 Å². The summed E-state index contributed by atoms with van der Waals surface area (Å²) in [6.07, 6.45) is 3.54. The van der Waals surface area contributed by atoms with E-state index in [1.165, 1.54) is 18.5 Å². The second-order valence-electron chi connectivity index (χ2n) is 3.26. The van der Waals surface area contributed by atoms with Gasteiger partial charge in [0.05, 0.1) is 0 Å². The summed E-state index contributed by atoms with van der Waals surface area (Å²) in [4.78, 5) is 7.62. The first-order valence-corrected chi connectivity index (χ1v) is 4.80. The van der Waals surface area contributed by atoms with Crippen molar-refractivity contribution in [3.8, 4) is 0 Å². The van der Waals surface area contributed by atoms with Gasteiger partial charge in [0, 0.05) is 11.6 Å². The lowest BCUT2D eigenvalue weighted by molar-refractivity contribution is 0.872. The molecule has 1 aliphatic carbocycles. The number of nitrogens with zero attached hydrogens (tertiary/aromatic N) is 1. The smallest absolute Gasteiger partial charge is 0.129 e. The molecular weight excluding hydrogens is 168 g/mol. The van der Waals surface area contributed by atoms with E-state index in [4.69, 9.17) is 12.2 Å². The first kappa shape index (κ1) is 7.92. The zero-order chi connectivity index (χ0) is 8.55. The summed E-state index contributed by atoms with van der Waals surface area (Å²) >= 11 is 5.07. The van der Waals surface area contributed by atoms with Crippen molar-refractivity contribution in [3.63, 3.8) is 0 Å². The summed E-state index contributed by atoms with van der Waals surface area (Å²) in [7, 11) is 0. The molecule has 0 aromatic carbocycles. The van der Waals surface area contributed by atoms with Crippen LogP contribution in [-0.2, 0) is 6.42 Å². The van der Waals surface area contributed by atoms with Gasteiger partial charge in [-0.15, -0.1) is 0 Å². The number of aryl methyl sites for hydroxylation is 1. The first-order chi connectivity index (χ1) is 5.79. The third-order valence-electron chi connectivity index (χ3n) is 2.16. The topological polar surface area (TPSA) is 28.7 Å². The molecule has 0 bridgehead atoms. The van der Waals surface area contributed by atoms with Gasteiger partial charge in [-0.2, -0.15) is 0 Å². The molecule has 1 saturated carbocycles. The summed E-state index contributed by atoms with van der Waals surface area (Å²) in [5, 5.41) is 0. The Hall–Kier alpha value is -0.700. The van der Waals surface area contributed by atoms with Gasteiger partial charge in [-0.05, 0) is 25.3 Å². The molecule has 3 heteroatoms. The molecular formula is C9H12N2S. The Morgan fingerprint density at radius 1 is 1.67 bits per heavy atom. The van der Waals surface area contributed by atoms with Crippen molar-refractivity contribution in [2.45, 2.75) is 32.1 Å². The van der Waals surface area contributed by atoms with E-state index < -0.39 is 0 Å². The van der Waals surface area contributed by atoms with E-state index in [1.54, 1.807) is 0 Å². The normalized spacial score (nSPS) is 16.4. The molecule has 1 fully saturated rings. The highest BCUT2D eigenvalue weighted by atomic mass is 32.1. The Morgan fingerprint density at radius 3 is 3.00 bits per heavy atom. The summed E-state index contributed by atoms with van der Waals surface area (Å²) in [6, 6.07) is 1.95. The van der Waals surface area contributed by atoms with Crippen molar-refractivity contribution >= 4 is 12.2 Å². The third-order valence-corrected chi connectivity index (χ3v) is 2.37. The van der Waals surface area contributed by atoms with Gasteiger partial charge >= 0.3 is 0 Å². The van der Waals surface area contributed by atoms with Crippen LogP contribution in [-0.4, -0.2) is 9.97 Å². The molecule has 1 aliphatic rings. The van der Waals surface area contributed by atoms with Gasteiger partial charge < -0.3 is 4.98 Å². The molecule has 12 heavy (non-hydrogen) atoms. The molecule has 2 nitrogen and oxygen atoms in total. The standard InChI is InChI=1S/C9H12N2S/c1-2-7-5-8(12)11-9(10-7)6-3-4-6/h5-6H,2-4H2,1H3,(H,10,11,12). The van der Waals surface area contributed by atoms with Crippen LogP contribution >= 0.6 is 12.2 Å². The van der Waals surface area contributed by atoms with Gasteiger partial charge in [-0.3, -0.25) is 0 Å². The van der Waals surface area contributed by atoms with Gasteiger partial charge in [0.1, 0.15) is 10.5 Å². The Balaban J connectivity index is 2.41. The van der Waals surface area contributed by atoms with Crippen molar-refractivity contribution in [1.29, 1.82) is 0 Å². The Kier molecular flexibility index (Phi) is 1.97. The van der Waals surface area contributed by atoms with Crippen molar-refractivity contribution in [2.24, 2.45) is 0 Å². The van der Waals surface area contributed by atoms with Gasteiger partial charge in [-0.1, -0.05) is 19.1 Å². The predicted molar refractivity (Wildman–Crippen MR) is 50.8 cm³/mol. The van der Waals surface area contributed by atoms with E-state index in [9.17, 15) is 0 Å². The van der Waals surface area contributed by atoms with Gasteiger partial charge in [0.2, 0.25) is 0 Å². The molecule has 2 rings (SSSR count). The van der Waals surface area contributed by atoms with Crippen LogP contribution in [0.2, 0.25) is 0 Å². The minimum atomic E-state index is 0.665. The third kappa shape index (κ3) is 1.55. The molecule has 0 radical (unpaired) electrons. The largest absolute Gasteiger partial charge is 0.347 e. The molecule has 0 aliphatic heterocycles. The number of nitrogens with one attached hydrogen (secondary N) is 1. The van der Waals surface area contributed by atoms with Crippen LogP contribution in [0.25, 0.3) is 0 Å². The highest BCUT2D eigenvalue weighted by molar-refractivity contribution is 7.71. The number of aromatic amines is 1. The molecule has 1 N–H and O–H groups in total. The van der Waals surface area contributed by atoms with Crippen LogP contribution in [0.4, 0.5) is 0 Å². The molecule has 0 atom stereocenters. The lowest BCUT2D eigenvalue weighted by atomic mass is 10.3. The van der Waals surface area contributed by atoms with E-state index in [2.05, 4.69) is 16.9 Å². The highest BCUT2D eigenvalue weighted by Crippen LogP contribution is 2.37. The number of aromatic nitrogens is 2. The number of H-pyrrole nitrogens is 1. The molecule has 64 valence electrons. The van der Waals surface area contributed by atoms with E-state index >= 15 is 0 Å². The monoisotopic (exact) mass is 180 g/mol. The fourth-order valence-electron chi connectivity index (χ4n) is 1.27. The van der Waals surface area contributed by atoms with Crippen molar-refractivity contribution in [2.75, 3.05) is 0 Å². The Bertz CT molecular complexity index is 339. The molecule has 0 unspecified atom stereocenters. The summed E-state index contributed by atoms with van der Waals surface area (Å²) in [5.74, 6) is 1.76. The van der Waals surface area contributed by atoms with Crippen LogP contribution < -0.4 is 0 Å². The van der Waals surface area contributed by atoms with Gasteiger partial charge in [-0.25, -0.2) is 4.98 Å². The maximum atomic E-state index is 5.07. The van der Waals surface area contributed by atoms with Gasteiger partial charge in [0.25, 0.3) is 0 Å². The number of rotatable bonds is 2. The Morgan fingerprint density at radius 2 is 2.42 bits per heavy atom. The van der Waals surface area contributed by atoms with E-state index in [1.807, 2.05) is 6.07 Å². The zero-order valence-electron chi connectivity index (χ0n) is 7.13. The van der Waals surface area contributed by atoms with E-state index in [-0.39, 0.29) is 0 Å². The van der Waals surface area contributed by atoms with Crippen molar-refractivity contribution in [3.05, 3.63) is 22.2 Å². The second-order valence-corrected chi connectivity index (χ2v) is 3.68. The van der Waals surface area contributed by atoms with Gasteiger partial charge in [0.15, 0.2) is 0 Å². The molecule has 1 aromatic rings. The van der Waals surface area contributed by atoms with Crippen LogP contribution in [0.3, 0.4) is 0 Å². The minimum Gasteiger partial charge on any atom is -0.347 e. The van der Waals surface area contributed by atoms with Crippen molar-refractivity contribution < 1.29 is 0 Å². The SMILES string of the molecule is CCc1cc(=S)nc(C2CC2)[nH]1.